The largest absolute Gasteiger partial charge is 0.383 e. The molecule has 0 spiro atoms. The van der Waals surface area contributed by atoms with Crippen molar-refractivity contribution in [1.82, 2.24) is 5.32 Å². The monoisotopic (exact) mass is 317 g/mol. The summed E-state index contributed by atoms with van der Waals surface area (Å²) in [4.78, 5) is 0. The summed E-state index contributed by atoms with van der Waals surface area (Å²) < 4.78 is 5.89. The van der Waals surface area contributed by atoms with Crippen LogP contribution >= 0.6 is 27.5 Å². The van der Waals surface area contributed by atoms with Crippen LogP contribution < -0.4 is 5.32 Å². The topological polar surface area (TPSA) is 21.3 Å². The number of halogens is 2. The fourth-order valence-corrected chi connectivity index (χ4v) is 1.83. The number of hydrogen-bond acceptors (Lipinski definition) is 2. The molecule has 0 aromatic heterocycles. The highest BCUT2D eigenvalue weighted by atomic mass is 79.9. The normalized spacial score (nSPS) is 11.9. The van der Waals surface area contributed by atoms with Crippen LogP contribution in [0.4, 0.5) is 0 Å². The van der Waals surface area contributed by atoms with E-state index in [0.29, 0.717) is 0 Å². The maximum absolute atomic E-state index is 6.03. The lowest BCUT2D eigenvalue weighted by atomic mass is 10.1. The molecule has 0 aliphatic carbocycles. The Bertz CT molecular complexity index is 393. The summed E-state index contributed by atoms with van der Waals surface area (Å²) in [6, 6.07) is 5.94. The smallest absolute Gasteiger partial charge is 0.0587 e. The van der Waals surface area contributed by atoms with E-state index in [1.165, 1.54) is 5.57 Å². The standard InChI is InChI=1S/C13H17BrClNO/c1-10(9-16-5-6-17-2)7-11-3-4-12(14)13(15)8-11/h3-4,7-8,16H,5-6,9H2,1-2H3/b10-7+. The van der Waals surface area contributed by atoms with Crippen LogP contribution in [-0.4, -0.2) is 26.8 Å². The first-order valence-corrected chi connectivity index (χ1v) is 6.62. The molecule has 0 radical (unpaired) electrons. The average Bonchev–Trinajstić information content (AvgIpc) is 2.30. The van der Waals surface area contributed by atoms with Gasteiger partial charge in [-0.25, -0.2) is 0 Å². The van der Waals surface area contributed by atoms with Gasteiger partial charge in [0, 0.05) is 24.7 Å². The number of rotatable bonds is 6. The van der Waals surface area contributed by atoms with Crippen molar-refractivity contribution < 1.29 is 4.74 Å². The summed E-state index contributed by atoms with van der Waals surface area (Å²) in [5, 5.41) is 4.03. The fourth-order valence-electron chi connectivity index (χ4n) is 1.40. The van der Waals surface area contributed by atoms with Crippen LogP contribution in [0.2, 0.25) is 5.02 Å². The van der Waals surface area contributed by atoms with E-state index in [1.807, 2.05) is 18.2 Å². The van der Waals surface area contributed by atoms with Crippen LogP contribution in [0.15, 0.2) is 28.2 Å². The van der Waals surface area contributed by atoms with Gasteiger partial charge in [0.05, 0.1) is 11.6 Å². The van der Waals surface area contributed by atoms with Crippen LogP contribution in [0.1, 0.15) is 12.5 Å². The molecule has 2 nitrogen and oxygen atoms in total. The van der Waals surface area contributed by atoms with Gasteiger partial charge < -0.3 is 10.1 Å². The summed E-state index contributed by atoms with van der Waals surface area (Å²) in [5.41, 5.74) is 2.38. The zero-order chi connectivity index (χ0) is 12.7. The van der Waals surface area contributed by atoms with Crippen LogP contribution in [-0.2, 0) is 4.74 Å². The van der Waals surface area contributed by atoms with Crippen molar-refractivity contribution in [2.75, 3.05) is 26.8 Å². The second-order valence-electron chi connectivity index (χ2n) is 3.83. The summed E-state index contributed by atoms with van der Waals surface area (Å²) in [5.74, 6) is 0. The minimum atomic E-state index is 0.734. The molecule has 0 saturated heterocycles. The molecule has 0 amide bonds. The fraction of sp³-hybridized carbons (Fsp3) is 0.385. The molecule has 1 aromatic rings. The number of ether oxygens (including phenoxy) is 1. The molecule has 0 unspecified atom stereocenters. The van der Waals surface area contributed by atoms with Crippen LogP contribution in [0, 0.1) is 0 Å². The van der Waals surface area contributed by atoms with E-state index in [2.05, 4.69) is 34.2 Å². The average molecular weight is 319 g/mol. The highest BCUT2D eigenvalue weighted by Crippen LogP contribution is 2.24. The first-order valence-electron chi connectivity index (χ1n) is 5.45. The second-order valence-corrected chi connectivity index (χ2v) is 5.10. The van der Waals surface area contributed by atoms with Gasteiger partial charge >= 0.3 is 0 Å². The van der Waals surface area contributed by atoms with E-state index in [0.717, 1.165) is 34.8 Å². The SMILES string of the molecule is COCCNC/C(C)=C/c1ccc(Br)c(Cl)c1. The Morgan fingerprint density at radius 1 is 1.53 bits per heavy atom. The van der Waals surface area contributed by atoms with E-state index >= 15 is 0 Å². The van der Waals surface area contributed by atoms with Crippen molar-refractivity contribution in [3.05, 3.63) is 38.8 Å². The summed E-state index contributed by atoms with van der Waals surface area (Å²) >= 11 is 9.41. The zero-order valence-electron chi connectivity index (χ0n) is 10.1. The third-order valence-electron chi connectivity index (χ3n) is 2.24. The molecular weight excluding hydrogens is 302 g/mol. The van der Waals surface area contributed by atoms with Crippen molar-refractivity contribution in [2.45, 2.75) is 6.92 Å². The Balaban J connectivity index is 2.52. The Hall–Kier alpha value is -0.350. The lowest BCUT2D eigenvalue weighted by Gasteiger charge is -2.05. The minimum absolute atomic E-state index is 0.734. The van der Waals surface area contributed by atoms with Crippen molar-refractivity contribution >= 4 is 33.6 Å². The summed E-state index contributed by atoms with van der Waals surface area (Å²) in [6.07, 6.45) is 2.12. The predicted molar refractivity (Wildman–Crippen MR) is 77.5 cm³/mol. The Morgan fingerprint density at radius 3 is 2.94 bits per heavy atom. The molecule has 0 aliphatic heterocycles. The zero-order valence-corrected chi connectivity index (χ0v) is 12.4. The van der Waals surface area contributed by atoms with Crippen molar-refractivity contribution in [3.8, 4) is 0 Å². The molecule has 1 aromatic carbocycles. The van der Waals surface area contributed by atoms with E-state index in [9.17, 15) is 0 Å². The summed E-state index contributed by atoms with van der Waals surface area (Å²) in [7, 11) is 1.70. The van der Waals surface area contributed by atoms with Gasteiger partial charge in [0.25, 0.3) is 0 Å². The number of nitrogens with one attached hydrogen (secondary N) is 1. The van der Waals surface area contributed by atoms with Gasteiger partial charge in [0.1, 0.15) is 0 Å². The molecule has 4 heteroatoms. The molecule has 0 atom stereocenters. The number of methoxy groups -OCH3 is 1. The van der Waals surface area contributed by atoms with E-state index < -0.39 is 0 Å². The third-order valence-corrected chi connectivity index (χ3v) is 3.48. The van der Waals surface area contributed by atoms with Crippen molar-refractivity contribution in [2.24, 2.45) is 0 Å². The van der Waals surface area contributed by atoms with Gasteiger partial charge in [-0.1, -0.05) is 29.3 Å². The molecular formula is C13H17BrClNO. The number of benzene rings is 1. The van der Waals surface area contributed by atoms with E-state index in [4.69, 9.17) is 16.3 Å². The Labute approximate surface area is 116 Å². The molecule has 0 bridgehead atoms. The van der Waals surface area contributed by atoms with Gasteiger partial charge in [-0.15, -0.1) is 0 Å². The van der Waals surface area contributed by atoms with Gasteiger partial charge in [-0.3, -0.25) is 0 Å². The molecule has 1 N–H and O–H groups in total. The maximum atomic E-state index is 6.03. The second kappa shape index (κ2) is 7.88. The predicted octanol–water partition coefficient (Wildman–Crippen LogP) is 3.74. The van der Waals surface area contributed by atoms with Gasteiger partial charge in [0.15, 0.2) is 0 Å². The lowest BCUT2D eigenvalue weighted by molar-refractivity contribution is 0.200. The van der Waals surface area contributed by atoms with Crippen LogP contribution in [0.3, 0.4) is 0 Å². The Kier molecular flexibility index (Phi) is 6.82. The third kappa shape index (κ3) is 5.68. The Morgan fingerprint density at radius 2 is 2.29 bits per heavy atom. The first kappa shape index (κ1) is 14.7. The van der Waals surface area contributed by atoms with Gasteiger partial charge in [-0.2, -0.15) is 0 Å². The van der Waals surface area contributed by atoms with Crippen molar-refractivity contribution in [1.29, 1.82) is 0 Å². The molecule has 0 fully saturated rings. The summed E-state index contributed by atoms with van der Waals surface area (Å²) in [6.45, 7) is 4.55. The van der Waals surface area contributed by atoms with E-state index in [-0.39, 0.29) is 0 Å². The molecule has 0 heterocycles. The van der Waals surface area contributed by atoms with Crippen LogP contribution in [0.5, 0.6) is 0 Å². The first-order chi connectivity index (χ1) is 8.13. The lowest BCUT2D eigenvalue weighted by Crippen LogP contribution is -2.20. The molecule has 94 valence electrons. The highest BCUT2D eigenvalue weighted by molar-refractivity contribution is 9.10. The highest BCUT2D eigenvalue weighted by Gasteiger charge is 1.97. The minimum Gasteiger partial charge on any atom is -0.383 e. The van der Waals surface area contributed by atoms with Crippen molar-refractivity contribution in [3.63, 3.8) is 0 Å². The molecule has 0 aliphatic rings. The maximum Gasteiger partial charge on any atom is 0.0587 e. The molecule has 17 heavy (non-hydrogen) atoms. The quantitative estimate of drug-likeness (QED) is 0.807. The van der Waals surface area contributed by atoms with Crippen LogP contribution in [0.25, 0.3) is 6.08 Å². The van der Waals surface area contributed by atoms with E-state index in [1.54, 1.807) is 7.11 Å². The molecule has 0 saturated carbocycles. The number of hydrogen-bond donors (Lipinski definition) is 1. The van der Waals surface area contributed by atoms with Gasteiger partial charge in [0.2, 0.25) is 0 Å². The van der Waals surface area contributed by atoms with Gasteiger partial charge in [-0.05, 0) is 40.5 Å². The molecule has 1 rings (SSSR count).